The molecule has 0 radical (unpaired) electrons. The molecular weight excluding hydrogens is 484 g/mol. The molecule has 35 heavy (non-hydrogen) atoms. The molecule has 0 fully saturated rings. The van der Waals surface area contributed by atoms with E-state index in [1.807, 2.05) is 48.4 Å². The number of para-hydroxylation sites is 2. The first-order valence-corrected chi connectivity index (χ1v) is 12.5. The van der Waals surface area contributed by atoms with Gasteiger partial charge in [-0.3, -0.25) is 9.59 Å². The van der Waals surface area contributed by atoms with Crippen molar-refractivity contribution in [3.8, 4) is 5.75 Å². The minimum atomic E-state index is -0.476. The number of aliphatic imine (C=N–C) groups is 1. The minimum Gasteiger partial charge on any atom is -0.495 e. The Morgan fingerprint density at radius 1 is 1.20 bits per heavy atom. The Kier molecular flexibility index (Phi) is 7.52. The number of carbonyl (C=O) groups excluding carboxylic acids is 2. The summed E-state index contributed by atoms with van der Waals surface area (Å²) in [7, 11) is 3.34. The van der Waals surface area contributed by atoms with Crippen molar-refractivity contribution in [2.24, 2.45) is 4.99 Å². The second-order valence-electron chi connectivity index (χ2n) is 8.18. The van der Waals surface area contributed by atoms with Gasteiger partial charge in [0.1, 0.15) is 5.75 Å². The largest absolute Gasteiger partial charge is 0.495 e. The maximum absolute atomic E-state index is 13.7. The highest BCUT2D eigenvalue weighted by Gasteiger charge is 2.40. The van der Waals surface area contributed by atoms with Crippen LogP contribution in [0.15, 0.2) is 75.9 Å². The Hall–Kier alpha value is -3.23. The van der Waals surface area contributed by atoms with E-state index in [1.54, 1.807) is 43.3 Å². The number of benzene rings is 2. The number of methoxy groups -OCH3 is 1. The Morgan fingerprint density at radius 2 is 1.91 bits per heavy atom. The van der Waals surface area contributed by atoms with Crippen molar-refractivity contribution in [1.82, 2.24) is 9.80 Å². The fourth-order valence-electron chi connectivity index (χ4n) is 4.02. The van der Waals surface area contributed by atoms with Crippen LogP contribution in [0.25, 0.3) is 0 Å². The number of allylic oxidation sites excluding steroid dienone is 1. The molecule has 2 aromatic carbocycles. The molecule has 1 atom stereocenters. The second kappa shape index (κ2) is 10.6. The van der Waals surface area contributed by atoms with E-state index < -0.39 is 6.04 Å². The number of fused-ring (bicyclic) bond motifs is 1. The molecule has 0 aliphatic carbocycles. The van der Waals surface area contributed by atoms with Gasteiger partial charge in [0.15, 0.2) is 5.17 Å². The molecule has 0 spiro atoms. The molecule has 7 nitrogen and oxygen atoms in total. The normalized spacial score (nSPS) is 16.9. The monoisotopic (exact) mass is 510 g/mol. The standard InChI is InChI=1S/C26H27ClN4O3S/c1-5-30(3)22(32)14-19-15-35-26-28-16(2)23(24(31(19)26)17-10-12-18(27)13-11-17)25(33)29-20-8-6-7-9-21(20)34-4/h6-13,15,24H,5,14H2,1-4H3,(H,29,33). The summed E-state index contributed by atoms with van der Waals surface area (Å²) < 4.78 is 5.41. The number of hydrogen-bond acceptors (Lipinski definition) is 6. The van der Waals surface area contributed by atoms with Gasteiger partial charge in [-0.05, 0) is 49.1 Å². The van der Waals surface area contributed by atoms with Crippen molar-refractivity contribution in [3.05, 3.63) is 81.5 Å². The zero-order chi connectivity index (χ0) is 25.1. The van der Waals surface area contributed by atoms with Gasteiger partial charge >= 0.3 is 0 Å². The number of amidine groups is 1. The summed E-state index contributed by atoms with van der Waals surface area (Å²) in [6.45, 7) is 4.39. The van der Waals surface area contributed by atoms with Crippen molar-refractivity contribution in [1.29, 1.82) is 0 Å². The van der Waals surface area contributed by atoms with Crippen molar-refractivity contribution >= 4 is 46.0 Å². The molecule has 182 valence electrons. The Bertz CT molecular complexity index is 1240. The quantitative estimate of drug-likeness (QED) is 0.537. The Morgan fingerprint density at radius 3 is 2.60 bits per heavy atom. The molecule has 0 bridgehead atoms. The summed E-state index contributed by atoms with van der Waals surface area (Å²) in [5.74, 6) is 0.275. The fourth-order valence-corrected chi connectivity index (χ4v) is 5.11. The summed E-state index contributed by atoms with van der Waals surface area (Å²) in [6, 6.07) is 14.2. The van der Waals surface area contributed by atoms with Crippen LogP contribution in [0.4, 0.5) is 5.69 Å². The zero-order valence-corrected chi connectivity index (χ0v) is 21.6. The van der Waals surface area contributed by atoms with Crippen molar-refractivity contribution in [2.45, 2.75) is 26.3 Å². The molecule has 2 aliphatic rings. The van der Waals surface area contributed by atoms with Crippen LogP contribution in [0.3, 0.4) is 0 Å². The van der Waals surface area contributed by atoms with Crippen LogP contribution < -0.4 is 10.1 Å². The maximum atomic E-state index is 13.7. The molecule has 0 aromatic heterocycles. The van der Waals surface area contributed by atoms with E-state index in [0.717, 1.165) is 16.4 Å². The predicted molar refractivity (Wildman–Crippen MR) is 141 cm³/mol. The highest BCUT2D eigenvalue weighted by atomic mass is 35.5. The van der Waals surface area contributed by atoms with Gasteiger partial charge in [0.25, 0.3) is 5.91 Å². The van der Waals surface area contributed by atoms with Gasteiger partial charge in [0.2, 0.25) is 5.91 Å². The average molecular weight is 511 g/mol. The third kappa shape index (κ3) is 5.09. The lowest BCUT2D eigenvalue weighted by atomic mass is 9.93. The van der Waals surface area contributed by atoms with Gasteiger partial charge in [-0.25, -0.2) is 4.99 Å². The summed E-state index contributed by atoms with van der Waals surface area (Å²) in [6.07, 6.45) is 0.209. The topological polar surface area (TPSA) is 74.2 Å². The number of halogens is 1. The Balaban J connectivity index is 1.75. The summed E-state index contributed by atoms with van der Waals surface area (Å²) >= 11 is 7.63. The summed E-state index contributed by atoms with van der Waals surface area (Å²) in [5, 5.41) is 6.27. The van der Waals surface area contributed by atoms with Gasteiger partial charge in [-0.15, -0.1) is 0 Å². The van der Waals surface area contributed by atoms with Crippen molar-refractivity contribution in [3.63, 3.8) is 0 Å². The van der Waals surface area contributed by atoms with Gasteiger partial charge in [0, 0.05) is 24.3 Å². The van der Waals surface area contributed by atoms with Crippen LogP contribution in [0, 0.1) is 0 Å². The number of amides is 2. The van der Waals surface area contributed by atoms with Crippen LogP contribution in [0.2, 0.25) is 5.02 Å². The van der Waals surface area contributed by atoms with E-state index in [1.165, 1.54) is 11.8 Å². The first-order chi connectivity index (χ1) is 16.8. The van der Waals surface area contributed by atoms with E-state index in [0.29, 0.717) is 34.3 Å². The van der Waals surface area contributed by atoms with E-state index in [2.05, 4.69) is 5.32 Å². The minimum absolute atomic E-state index is 0.00162. The van der Waals surface area contributed by atoms with Gasteiger partial charge in [0.05, 0.1) is 36.5 Å². The molecule has 9 heteroatoms. The van der Waals surface area contributed by atoms with E-state index in [4.69, 9.17) is 21.3 Å². The molecule has 4 rings (SSSR count). The predicted octanol–water partition coefficient (Wildman–Crippen LogP) is 5.43. The molecule has 0 saturated carbocycles. The summed E-state index contributed by atoms with van der Waals surface area (Å²) in [5.41, 5.74) is 3.34. The molecular formula is C26H27ClN4O3S. The molecule has 0 saturated heterocycles. The van der Waals surface area contributed by atoms with Crippen molar-refractivity contribution in [2.75, 3.05) is 26.0 Å². The molecule has 2 aromatic rings. The maximum Gasteiger partial charge on any atom is 0.256 e. The number of thioether (sulfide) groups is 1. The second-order valence-corrected chi connectivity index (χ2v) is 9.46. The van der Waals surface area contributed by atoms with Crippen LogP contribution in [0.5, 0.6) is 5.75 Å². The first kappa shape index (κ1) is 24.9. The number of carbonyl (C=O) groups is 2. The summed E-state index contributed by atoms with van der Waals surface area (Å²) in [4.78, 5) is 34.9. The van der Waals surface area contributed by atoms with Crippen LogP contribution in [-0.4, -0.2) is 47.5 Å². The Labute approximate surface area is 214 Å². The molecule has 1 unspecified atom stereocenters. The number of rotatable bonds is 7. The third-order valence-corrected chi connectivity index (χ3v) is 7.16. The smallest absolute Gasteiger partial charge is 0.256 e. The third-order valence-electron chi connectivity index (χ3n) is 6.02. The van der Waals surface area contributed by atoms with E-state index >= 15 is 0 Å². The van der Waals surface area contributed by atoms with E-state index in [9.17, 15) is 9.59 Å². The molecule has 1 N–H and O–H groups in total. The van der Waals surface area contributed by atoms with Gasteiger partial charge < -0.3 is 19.9 Å². The number of nitrogens with one attached hydrogen (secondary N) is 1. The highest BCUT2D eigenvalue weighted by molar-refractivity contribution is 8.16. The molecule has 2 aliphatic heterocycles. The number of nitrogens with zero attached hydrogens (tertiary/aromatic N) is 3. The van der Waals surface area contributed by atoms with Crippen molar-refractivity contribution < 1.29 is 14.3 Å². The van der Waals surface area contributed by atoms with Crippen LogP contribution in [-0.2, 0) is 9.59 Å². The molecule has 2 heterocycles. The number of hydrogen-bond donors (Lipinski definition) is 1. The molecule has 2 amide bonds. The highest BCUT2D eigenvalue weighted by Crippen LogP contribution is 2.45. The SMILES string of the molecule is CCN(C)C(=O)CC1=CSC2=NC(C)=C(C(=O)Nc3ccccc3OC)C(c3ccc(Cl)cc3)N12. The zero-order valence-electron chi connectivity index (χ0n) is 20.0. The van der Waals surface area contributed by atoms with E-state index in [-0.39, 0.29) is 18.2 Å². The average Bonchev–Trinajstić information content (AvgIpc) is 3.25. The van der Waals surface area contributed by atoms with Crippen LogP contribution >= 0.6 is 23.4 Å². The van der Waals surface area contributed by atoms with Gasteiger partial charge in [-0.1, -0.05) is 47.6 Å². The lowest BCUT2D eigenvalue weighted by molar-refractivity contribution is -0.129. The lowest BCUT2D eigenvalue weighted by Gasteiger charge is -2.37. The first-order valence-electron chi connectivity index (χ1n) is 11.2. The lowest BCUT2D eigenvalue weighted by Crippen LogP contribution is -2.39. The fraction of sp³-hybridized carbons (Fsp3) is 0.269. The number of anilines is 1. The number of ether oxygens (including phenoxy) is 1. The van der Waals surface area contributed by atoms with Gasteiger partial charge in [-0.2, -0.15) is 0 Å². The van der Waals surface area contributed by atoms with Crippen LogP contribution in [0.1, 0.15) is 31.9 Å².